The van der Waals surface area contributed by atoms with Crippen LogP contribution in [0.2, 0.25) is 0 Å². The summed E-state index contributed by atoms with van der Waals surface area (Å²) >= 11 is 0. The maximum atomic E-state index is 11.9. The fourth-order valence-corrected chi connectivity index (χ4v) is 2.71. The summed E-state index contributed by atoms with van der Waals surface area (Å²) in [5.41, 5.74) is 1.08. The van der Waals surface area contributed by atoms with Gasteiger partial charge in [-0.2, -0.15) is 5.10 Å². The van der Waals surface area contributed by atoms with E-state index in [1.165, 1.54) is 0 Å². The summed E-state index contributed by atoms with van der Waals surface area (Å²) in [6.45, 7) is 3.43. The number of carbonyl (C=O) groups is 1. The number of methoxy groups -OCH3 is 1. The number of rotatable bonds is 4. The molecule has 2 atom stereocenters. The fourth-order valence-electron chi connectivity index (χ4n) is 2.71. The molecule has 1 aromatic heterocycles. The number of nitrogens with zero attached hydrogens (tertiary/aromatic N) is 2. The van der Waals surface area contributed by atoms with Gasteiger partial charge in [-0.3, -0.25) is 9.48 Å². The molecule has 1 fully saturated rings. The van der Waals surface area contributed by atoms with Crippen molar-refractivity contribution in [3.05, 3.63) is 11.9 Å². The van der Waals surface area contributed by atoms with Crippen molar-refractivity contribution in [2.75, 3.05) is 20.2 Å². The van der Waals surface area contributed by atoms with Gasteiger partial charge in [0.05, 0.1) is 25.0 Å². The number of aryl methyl sites for hydroxylation is 1. The molecule has 2 rings (SSSR count). The molecule has 1 aliphatic heterocycles. The first kappa shape index (κ1) is 13.9. The normalized spacial score (nSPS) is 23.1. The molecule has 0 radical (unpaired) electrons. The SMILES string of the molecule is CCNC(=O)C1CC(c2c(OC)cnn2C)CCN1. The lowest BCUT2D eigenvalue weighted by molar-refractivity contribution is -0.123. The Morgan fingerprint density at radius 2 is 2.47 bits per heavy atom. The molecule has 1 amide bonds. The third kappa shape index (κ3) is 2.89. The minimum Gasteiger partial charge on any atom is -0.493 e. The maximum absolute atomic E-state index is 11.9. The van der Waals surface area contributed by atoms with Crippen LogP contribution in [0.15, 0.2) is 6.20 Å². The van der Waals surface area contributed by atoms with Crippen molar-refractivity contribution in [3.8, 4) is 5.75 Å². The molecule has 0 bridgehead atoms. The highest BCUT2D eigenvalue weighted by Crippen LogP contribution is 2.33. The van der Waals surface area contributed by atoms with E-state index in [4.69, 9.17) is 4.74 Å². The van der Waals surface area contributed by atoms with Crippen molar-refractivity contribution < 1.29 is 9.53 Å². The number of piperidine rings is 1. The Hall–Kier alpha value is -1.56. The highest BCUT2D eigenvalue weighted by atomic mass is 16.5. The quantitative estimate of drug-likeness (QED) is 0.828. The Morgan fingerprint density at radius 3 is 3.16 bits per heavy atom. The summed E-state index contributed by atoms with van der Waals surface area (Å²) in [4.78, 5) is 11.9. The van der Waals surface area contributed by atoms with Crippen LogP contribution in [0, 0.1) is 0 Å². The molecule has 2 N–H and O–H groups in total. The van der Waals surface area contributed by atoms with Gasteiger partial charge in [0, 0.05) is 19.5 Å². The summed E-state index contributed by atoms with van der Waals surface area (Å²) in [5, 5.41) is 10.4. The second-order valence-corrected chi connectivity index (χ2v) is 4.84. The van der Waals surface area contributed by atoms with E-state index in [-0.39, 0.29) is 11.9 Å². The molecule has 1 aliphatic rings. The predicted octanol–water partition coefficient (Wildman–Crippen LogP) is 0.400. The highest BCUT2D eigenvalue weighted by molar-refractivity contribution is 5.81. The summed E-state index contributed by atoms with van der Waals surface area (Å²) in [5.74, 6) is 1.19. The summed E-state index contributed by atoms with van der Waals surface area (Å²) < 4.78 is 7.21. The molecule has 0 aliphatic carbocycles. The zero-order chi connectivity index (χ0) is 13.8. The average molecular weight is 266 g/mol. The van der Waals surface area contributed by atoms with Crippen LogP contribution in [0.3, 0.4) is 0 Å². The summed E-state index contributed by atoms with van der Waals surface area (Å²) in [6, 6.07) is -0.127. The van der Waals surface area contributed by atoms with Gasteiger partial charge in [0.25, 0.3) is 0 Å². The monoisotopic (exact) mass is 266 g/mol. The standard InChI is InChI=1S/C13H22N4O2/c1-4-14-13(18)10-7-9(5-6-15-10)12-11(19-3)8-16-17(12)2/h8-10,15H,4-7H2,1-3H3,(H,14,18). The van der Waals surface area contributed by atoms with E-state index < -0.39 is 0 Å². The van der Waals surface area contributed by atoms with E-state index in [2.05, 4.69) is 15.7 Å². The summed E-state index contributed by atoms with van der Waals surface area (Å²) in [7, 11) is 3.57. The van der Waals surface area contributed by atoms with E-state index in [1.54, 1.807) is 13.3 Å². The molecule has 1 saturated heterocycles. The topological polar surface area (TPSA) is 68.2 Å². The van der Waals surface area contributed by atoms with Crippen LogP contribution >= 0.6 is 0 Å². The number of ether oxygens (including phenoxy) is 1. The average Bonchev–Trinajstić information content (AvgIpc) is 2.80. The van der Waals surface area contributed by atoms with Crippen molar-refractivity contribution in [3.63, 3.8) is 0 Å². The predicted molar refractivity (Wildman–Crippen MR) is 72.2 cm³/mol. The first-order chi connectivity index (χ1) is 9.17. The van der Waals surface area contributed by atoms with E-state index >= 15 is 0 Å². The Balaban J connectivity index is 2.12. The molecule has 106 valence electrons. The van der Waals surface area contributed by atoms with Crippen molar-refractivity contribution in [2.24, 2.45) is 7.05 Å². The third-order valence-corrected chi connectivity index (χ3v) is 3.63. The third-order valence-electron chi connectivity index (χ3n) is 3.63. The van der Waals surface area contributed by atoms with Gasteiger partial charge in [-0.1, -0.05) is 0 Å². The van der Waals surface area contributed by atoms with Gasteiger partial charge in [-0.05, 0) is 26.3 Å². The number of likely N-dealkylation sites (N-methyl/N-ethyl adjacent to an activating group) is 1. The van der Waals surface area contributed by atoms with Gasteiger partial charge < -0.3 is 15.4 Å². The Labute approximate surface area is 113 Å². The molecule has 1 aromatic rings. The number of amides is 1. The lowest BCUT2D eigenvalue weighted by Gasteiger charge is -2.29. The summed E-state index contributed by atoms with van der Waals surface area (Å²) in [6.07, 6.45) is 3.51. The molecule has 6 heteroatoms. The van der Waals surface area contributed by atoms with Crippen LogP contribution < -0.4 is 15.4 Å². The van der Waals surface area contributed by atoms with Crippen LogP contribution in [-0.4, -0.2) is 41.9 Å². The van der Waals surface area contributed by atoms with Gasteiger partial charge in [0.2, 0.25) is 5.91 Å². The number of carbonyl (C=O) groups excluding carboxylic acids is 1. The Morgan fingerprint density at radius 1 is 1.68 bits per heavy atom. The maximum Gasteiger partial charge on any atom is 0.237 e. The lowest BCUT2D eigenvalue weighted by atomic mass is 9.89. The molecular formula is C13H22N4O2. The zero-order valence-corrected chi connectivity index (χ0v) is 11.8. The van der Waals surface area contributed by atoms with Crippen molar-refractivity contribution >= 4 is 5.91 Å². The Kier molecular flexibility index (Phi) is 4.42. The molecule has 6 nitrogen and oxygen atoms in total. The van der Waals surface area contributed by atoms with E-state index in [1.807, 2.05) is 18.7 Å². The molecular weight excluding hydrogens is 244 g/mol. The van der Waals surface area contributed by atoms with Crippen LogP contribution in [0.25, 0.3) is 0 Å². The Bertz CT molecular complexity index is 444. The van der Waals surface area contributed by atoms with Crippen LogP contribution in [0.1, 0.15) is 31.4 Å². The fraction of sp³-hybridized carbons (Fsp3) is 0.692. The van der Waals surface area contributed by atoms with Crippen molar-refractivity contribution in [2.45, 2.75) is 31.7 Å². The second kappa shape index (κ2) is 6.06. The van der Waals surface area contributed by atoms with Crippen LogP contribution in [0.5, 0.6) is 5.75 Å². The zero-order valence-electron chi connectivity index (χ0n) is 11.8. The molecule has 19 heavy (non-hydrogen) atoms. The van der Waals surface area contributed by atoms with E-state index in [9.17, 15) is 4.79 Å². The molecule has 2 heterocycles. The molecule has 2 unspecified atom stereocenters. The number of aromatic nitrogens is 2. The van der Waals surface area contributed by atoms with Gasteiger partial charge >= 0.3 is 0 Å². The minimum absolute atomic E-state index is 0.0772. The van der Waals surface area contributed by atoms with Gasteiger partial charge in [-0.25, -0.2) is 0 Å². The lowest BCUT2D eigenvalue weighted by Crippen LogP contribution is -2.48. The largest absolute Gasteiger partial charge is 0.493 e. The van der Waals surface area contributed by atoms with Gasteiger partial charge in [0.15, 0.2) is 5.75 Å². The second-order valence-electron chi connectivity index (χ2n) is 4.84. The highest BCUT2D eigenvalue weighted by Gasteiger charge is 2.30. The molecule has 0 spiro atoms. The first-order valence-corrected chi connectivity index (χ1v) is 6.74. The van der Waals surface area contributed by atoms with Gasteiger partial charge in [-0.15, -0.1) is 0 Å². The van der Waals surface area contributed by atoms with Crippen LogP contribution in [-0.2, 0) is 11.8 Å². The number of hydrogen-bond acceptors (Lipinski definition) is 4. The smallest absolute Gasteiger partial charge is 0.237 e. The van der Waals surface area contributed by atoms with Gasteiger partial charge in [0.1, 0.15) is 0 Å². The van der Waals surface area contributed by atoms with E-state index in [0.717, 1.165) is 30.8 Å². The number of hydrogen-bond donors (Lipinski definition) is 2. The number of nitrogens with one attached hydrogen (secondary N) is 2. The molecule has 0 saturated carbocycles. The minimum atomic E-state index is -0.127. The van der Waals surface area contributed by atoms with Crippen LogP contribution in [0.4, 0.5) is 0 Å². The first-order valence-electron chi connectivity index (χ1n) is 6.74. The van der Waals surface area contributed by atoms with Crippen molar-refractivity contribution in [1.29, 1.82) is 0 Å². The molecule has 0 aromatic carbocycles. The van der Waals surface area contributed by atoms with Crippen molar-refractivity contribution in [1.82, 2.24) is 20.4 Å². The van der Waals surface area contributed by atoms with E-state index in [0.29, 0.717) is 12.5 Å².